The van der Waals surface area contributed by atoms with Crippen molar-refractivity contribution in [3.63, 3.8) is 0 Å². The Hall–Kier alpha value is -0.470. The molecular formula is C6H13NO3P+. The molecule has 0 aliphatic heterocycles. The lowest BCUT2D eigenvalue weighted by Gasteiger charge is -2.03. The maximum Gasteiger partial charge on any atom is 0.335 e. The Bertz CT molecular complexity index is 160. The summed E-state index contributed by atoms with van der Waals surface area (Å²) in [5, 5.41) is 8.51. The first-order valence-corrected chi connectivity index (χ1v) is 5.28. The second-order valence-electron chi connectivity index (χ2n) is 2.41. The Morgan fingerprint density at radius 3 is 2.55 bits per heavy atom. The lowest BCUT2D eigenvalue weighted by atomic mass is 10.1. The number of nitrogens with two attached hydrogens (primary N) is 1. The Balaban J connectivity index is 3.70. The van der Waals surface area contributed by atoms with Crippen LogP contribution in [0.4, 0.5) is 0 Å². The largest absolute Gasteiger partial charge is 0.481 e. The first kappa shape index (κ1) is 10.5. The van der Waals surface area contributed by atoms with Gasteiger partial charge in [-0.1, -0.05) is 4.57 Å². The minimum Gasteiger partial charge on any atom is -0.481 e. The van der Waals surface area contributed by atoms with E-state index in [-0.39, 0.29) is 6.54 Å². The van der Waals surface area contributed by atoms with Gasteiger partial charge >= 0.3 is 13.8 Å². The Morgan fingerprint density at radius 1 is 1.73 bits per heavy atom. The average Bonchev–Trinajstić information content (AvgIpc) is 1.87. The molecule has 0 heterocycles. The van der Waals surface area contributed by atoms with Gasteiger partial charge in [-0.2, -0.15) is 0 Å². The molecular weight excluding hydrogens is 165 g/mol. The highest BCUT2D eigenvalue weighted by atomic mass is 31.1. The Morgan fingerprint density at radius 2 is 2.27 bits per heavy atom. The van der Waals surface area contributed by atoms with Crippen molar-refractivity contribution in [1.82, 2.24) is 0 Å². The number of rotatable bonds is 5. The van der Waals surface area contributed by atoms with Crippen LogP contribution in [-0.4, -0.2) is 30.4 Å². The molecule has 0 aromatic rings. The van der Waals surface area contributed by atoms with E-state index in [1.807, 2.05) is 0 Å². The van der Waals surface area contributed by atoms with Crippen molar-refractivity contribution in [2.75, 3.05) is 19.4 Å². The van der Waals surface area contributed by atoms with Crippen LogP contribution in [0.3, 0.4) is 0 Å². The minimum absolute atomic E-state index is 0.124. The fourth-order valence-electron chi connectivity index (χ4n) is 0.680. The van der Waals surface area contributed by atoms with E-state index >= 15 is 0 Å². The van der Waals surface area contributed by atoms with Gasteiger partial charge in [0.2, 0.25) is 0 Å². The van der Waals surface area contributed by atoms with Crippen molar-refractivity contribution in [3.05, 3.63) is 0 Å². The quantitative estimate of drug-likeness (QED) is 0.600. The molecule has 0 saturated heterocycles. The third kappa shape index (κ3) is 4.87. The molecule has 0 amide bonds. The van der Waals surface area contributed by atoms with Crippen molar-refractivity contribution >= 4 is 13.8 Å². The Kier molecular flexibility index (Phi) is 4.99. The van der Waals surface area contributed by atoms with E-state index in [9.17, 15) is 9.36 Å². The molecule has 0 rings (SSSR count). The highest BCUT2D eigenvalue weighted by Gasteiger charge is 2.18. The zero-order chi connectivity index (χ0) is 8.85. The van der Waals surface area contributed by atoms with Crippen LogP contribution in [-0.2, 0) is 9.36 Å². The summed E-state index contributed by atoms with van der Waals surface area (Å²) in [5.41, 5.74) is 5.18. The van der Waals surface area contributed by atoms with Gasteiger partial charge in [-0.05, 0) is 0 Å². The van der Waals surface area contributed by atoms with Crippen LogP contribution in [0.5, 0.6) is 0 Å². The zero-order valence-corrected chi connectivity index (χ0v) is 7.38. The third-order valence-corrected chi connectivity index (χ3v) is 2.31. The zero-order valence-electron chi connectivity index (χ0n) is 6.49. The molecule has 0 radical (unpaired) electrons. The second-order valence-corrected chi connectivity index (χ2v) is 4.11. The van der Waals surface area contributed by atoms with Gasteiger partial charge in [-0.15, -0.1) is 0 Å². The van der Waals surface area contributed by atoms with Crippen LogP contribution < -0.4 is 5.73 Å². The van der Waals surface area contributed by atoms with E-state index in [4.69, 9.17) is 10.8 Å². The fraction of sp³-hybridized carbons (Fsp3) is 0.833. The van der Waals surface area contributed by atoms with Crippen molar-refractivity contribution in [2.45, 2.75) is 6.42 Å². The predicted molar refractivity (Wildman–Crippen MR) is 43.2 cm³/mol. The van der Waals surface area contributed by atoms with Crippen molar-refractivity contribution in [1.29, 1.82) is 0 Å². The SMILES string of the molecule is C[P+](=O)CC[C@H](CN)C(=O)O. The fourth-order valence-corrected chi connectivity index (χ4v) is 1.36. The second kappa shape index (κ2) is 5.22. The molecule has 2 atom stereocenters. The summed E-state index contributed by atoms with van der Waals surface area (Å²) in [5.74, 6) is -1.43. The predicted octanol–water partition coefficient (Wildman–Crippen LogP) is 0.493. The summed E-state index contributed by atoms with van der Waals surface area (Å²) >= 11 is 0. The van der Waals surface area contributed by atoms with E-state index in [0.29, 0.717) is 12.6 Å². The van der Waals surface area contributed by atoms with Gasteiger partial charge in [0.1, 0.15) is 12.8 Å². The number of carboxylic acid groups (broad SMARTS) is 1. The van der Waals surface area contributed by atoms with Crippen LogP contribution in [0.2, 0.25) is 0 Å². The number of aliphatic carboxylic acids is 1. The average molecular weight is 178 g/mol. The molecule has 0 aliphatic rings. The van der Waals surface area contributed by atoms with Crippen molar-refractivity contribution in [3.8, 4) is 0 Å². The molecule has 0 bridgehead atoms. The third-order valence-electron chi connectivity index (χ3n) is 1.43. The van der Waals surface area contributed by atoms with E-state index < -0.39 is 19.7 Å². The van der Waals surface area contributed by atoms with Crippen LogP contribution >= 0.6 is 7.80 Å². The summed E-state index contributed by atoms with van der Waals surface area (Å²) in [6.07, 6.45) is 0.862. The van der Waals surface area contributed by atoms with E-state index in [1.54, 1.807) is 6.66 Å². The normalized spacial score (nSPS) is 14.2. The standard InChI is InChI=1S/C6H12NO3P/c1-11(10)3-2-5(4-7)6(8)9/h5H,2-4,7H2,1H3/p+1/t5-/m1/s1. The molecule has 0 aromatic carbocycles. The molecule has 1 unspecified atom stereocenters. The van der Waals surface area contributed by atoms with Crippen molar-refractivity contribution < 1.29 is 14.5 Å². The number of hydrogen-bond acceptors (Lipinski definition) is 3. The number of hydrogen-bond donors (Lipinski definition) is 2. The molecule has 0 aromatic heterocycles. The smallest absolute Gasteiger partial charge is 0.335 e. The molecule has 5 heteroatoms. The number of carboxylic acids is 1. The molecule has 0 saturated carbocycles. The van der Waals surface area contributed by atoms with Gasteiger partial charge in [0.25, 0.3) is 0 Å². The summed E-state index contributed by atoms with van der Waals surface area (Å²) in [7, 11) is -1.23. The number of carbonyl (C=O) groups is 1. The van der Waals surface area contributed by atoms with Gasteiger partial charge in [0.15, 0.2) is 0 Å². The topological polar surface area (TPSA) is 80.4 Å². The highest BCUT2D eigenvalue weighted by Crippen LogP contribution is 2.17. The van der Waals surface area contributed by atoms with E-state index in [0.717, 1.165) is 0 Å². The molecule has 0 spiro atoms. The molecule has 4 nitrogen and oxygen atoms in total. The van der Waals surface area contributed by atoms with Crippen molar-refractivity contribution in [2.24, 2.45) is 11.7 Å². The first-order valence-electron chi connectivity index (χ1n) is 3.39. The first-order chi connectivity index (χ1) is 5.07. The minimum atomic E-state index is -1.23. The summed E-state index contributed by atoms with van der Waals surface area (Å²) in [6.45, 7) is 1.71. The summed E-state index contributed by atoms with van der Waals surface area (Å²) < 4.78 is 10.6. The molecule has 11 heavy (non-hydrogen) atoms. The van der Waals surface area contributed by atoms with Gasteiger partial charge in [0.05, 0.1) is 5.92 Å². The van der Waals surface area contributed by atoms with Gasteiger partial charge < -0.3 is 10.8 Å². The molecule has 64 valence electrons. The van der Waals surface area contributed by atoms with E-state index in [1.165, 1.54) is 0 Å². The molecule has 3 N–H and O–H groups in total. The summed E-state index contributed by atoms with van der Waals surface area (Å²) in [6, 6.07) is 0. The van der Waals surface area contributed by atoms with Gasteiger partial charge in [-0.3, -0.25) is 4.79 Å². The molecule has 0 aliphatic carbocycles. The monoisotopic (exact) mass is 178 g/mol. The van der Waals surface area contributed by atoms with Crippen LogP contribution in [0.1, 0.15) is 6.42 Å². The maximum absolute atomic E-state index is 10.6. The van der Waals surface area contributed by atoms with Crippen LogP contribution in [0.15, 0.2) is 0 Å². The van der Waals surface area contributed by atoms with Crippen LogP contribution in [0.25, 0.3) is 0 Å². The van der Waals surface area contributed by atoms with Gasteiger partial charge in [-0.25, -0.2) is 0 Å². The highest BCUT2D eigenvalue weighted by molar-refractivity contribution is 7.43. The lowest BCUT2D eigenvalue weighted by molar-refractivity contribution is -0.141. The van der Waals surface area contributed by atoms with Gasteiger partial charge in [0, 0.05) is 13.0 Å². The molecule has 0 fully saturated rings. The van der Waals surface area contributed by atoms with E-state index in [2.05, 4.69) is 0 Å². The van der Waals surface area contributed by atoms with Crippen LogP contribution in [0, 0.1) is 5.92 Å². The lowest BCUT2D eigenvalue weighted by Crippen LogP contribution is -2.23. The summed E-state index contributed by atoms with van der Waals surface area (Å²) in [4.78, 5) is 10.4. The Labute approximate surface area is 66.6 Å². The maximum atomic E-state index is 10.6.